The Labute approximate surface area is 74.7 Å². The van der Waals surface area contributed by atoms with E-state index in [4.69, 9.17) is 0 Å². The van der Waals surface area contributed by atoms with Crippen LogP contribution in [-0.2, 0) is 0 Å². The highest BCUT2D eigenvalue weighted by Crippen LogP contribution is 2.36. The Bertz CT molecular complexity index is 238. The number of hydrogen-bond donors (Lipinski definition) is 0. The van der Waals surface area contributed by atoms with Crippen molar-refractivity contribution in [1.82, 2.24) is 0 Å². The van der Waals surface area contributed by atoms with Gasteiger partial charge < -0.3 is 0 Å². The summed E-state index contributed by atoms with van der Waals surface area (Å²) in [6.45, 7) is 4.55. The quantitative estimate of drug-likeness (QED) is 0.476. The fourth-order valence-corrected chi connectivity index (χ4v) is 2.19. The fourth-order valence-electron chi connectivity index (χ4n) is 2.19. The molecule has 2 atom stereocenters. The molecular formula is C12H16. The van der Waals surface area contributed by atoms with E-state index in [0.717, 1.165) is 11.8 Å². The van der Waals surface area contributed by atoms with Crippen molar-refractivity contribution >= 4 is 0 Å². The van der Waals surface area contributed by atoms with Crippen LogP contribution in [0.5, 0.6) is 0 Å². The Morgan fingerprint density at radius 2 is 1.33 bits per heavy atom. The highest BCUT2D eigenvalue weighted by molar-refractivity contribution is 5.24. The summed E-state index contributed by atoms with van der Waals surface area (Å²) in [5, 5.41) is 0. The molecule has 0 aromatic heterocycles. The molecule has 0 saturated carbocycles. The standard InChI is InChI=1S/C12H16/c1-9-7-11-5-3-4-6-12(11)8-10(9)2/h3-6,11-12H,7-8H2,1-2H3. The Morgan fingerprint density at radius 1 is 0.917 bits per heavy atom. The van der Waals surface area contributed by atoms with Gasteiger partial charge in [-0.25, -0.2) is 0 Å². The zero-order valence-electron chi connectivity index (χ0n) is 7.88. The first kappa shape index (κ1) is 7.85. The van der Waals surface area contributed by atoms with Gasteiger partial charge in [0.2, 0.25) is 0 Å². The third kappa shape index (κ3) is 1.26. The number of fused-ring (bicyclic) bond motifs is 1. The maximum absolute atomic E-state index is 2.36. The van der Waals surface area contributed by atoms with Crippen LogP contribution in [0.2, 0.25) is 0 Å². The van der Waals surface area contributed by atoms with Gasteiger partial charge in [0.05, 0.1) is 0 Å². The van der Waals surface area contributed by atoms with Gasteiger partial charge >= 0.3 is 0 Å². The lowest BCUT2D eigenvalue weighted by Crippen LogP contribution is -2.18. The zero-order valence-corrected chi connectivity index (χ0v) is 7.88. The van der Waals surface area contributed by atoms with Crippen molar-refractivity contribution in [3.63, 3.8) is 0 Å². The van der Waals surface area contributed by atoms with Crippen LogP contribution in [0, 0.1) is 11.8 Å². The summed E-state index contributed by atoms with van der Waals surface area (Å²) in [4.78, 5) is 0. The lowest BCUT2D eigenvalue weighted by Gasteiger charge is -2.30. The van der Waals surface area contributed by atoms with Gasteiger partial charge in [-0.1, -0.05) is 35.5 Å². The first-order valence-corrected chi connectivity index (χ1v) is 4.77. The average molecular weight is 160 g/mol. The summed E-state index contributed by atoms with van der Waals surface area (Å²) < 4.78 is 0. The molecule has 0 aromatic rings. The highest BCUT2D eigenvalue weighted by atomic mass is 14.3. The van der Waals surface area contributed by atoms with E-state index in [2.05, 4.69) is 38.2 Å². The molecule has 2 unspecified atom stereocenters. The topological polar surface area (TPSA) is 0 Å². The van der Waals surface area contributed by atoms with Gasteiger partial charge in [0.25, 0.3) is 0 Å². The van der Waals surface area contributed by atoms with Gasteiger partial charge in [0.15, 0.2) is 0 Å². The molecule has 0 radical (unpaired) electrons. The number of hydrogen-bond acceptors (Lipinski definition) is 0. The molecule has 2 aliphatic rings. The second-order valence-corrected chi connectivity index (χ2v) is 4.07. The Kier molecular flexibility index (Phi) is 1.92. The van der Waals surface area contributed by atoms with Gasteiger partial charge in [-0.05, 0) is 38.5 Å². The largest absolute Gasteiger partial charge is 0.0805 e. The summed E-state index contributed by atoms with van der Waals surface area (Å²) in [6.07, 6.45) is 11.7. The molecule has 2 rings (SSSR count). The van der Waals surface area contributed by atoms with Crippen LogP contribution < -0.4 is 0 Å². The summed E-state index contributed by atoms with van der Waals surface area (Å²) in [5.74, 6) is 1.58. The molecule has 0 nitrogen and oxygen atoms in total. The van der Waals surface area contributed by atoms with Crippen LogP contribution in [0.1, 0.15) is 26.7 Å². The molecule has 12 heavy (non-hydrogen) atoms. The molecule has 0 amide bonds. The van der Waals surface area contributed by atoms with Crippen molar-refractivity contribution in [1.29, 1.82) is 0 Å². The Balaban J connectivity index is 2.23. The lowest BCUT2D eigenvalue weighted by atomic mass is 9.75. The van der Waals surface area contributed by atoms with Crippen LogP contribution in [-0.4, -0.2) is 0 Å². The van der Waals surface area contributed by atoms with Crippen molar-refractivity contribution in [3.05, 3.63) is 35.5 Å². The van der Waals surface area contributed by atoms with Gasteiger partial charge in [-0.15, -0.1) is 0 Å². The van der Waals surface area contributed by atoms with E-state index in [0.29, 0.717) is 0 Å². The van der Waals surface area contributed by atoms with Crippen LogP contribution in [0.4, 0.5) is 0 Å². The predicted octanol–water partition coefficient (Wildman–Crippen LogP) is 3.48. The minimum atomic E-state index is 0.790. The smallest absolute Gasteiger partial charge is 0.0127 e. The van der Waals surface area contributed by atoms with Crippen molar-refractivity contribution in [2.75, 3.05) is 0 Å². The molecular weight excluding hydrogens is 144 g/mol. The first-order chi connectivity index (χ1) is 5.77. The fraction of sp³-hybridized carbons (Fsp3) is 0.500. The monoisotopic (exact) mass is 160 g/mol. The van der Waals surface area contributed by atoms with E-state index in [1.165, 1.54) is 12.8 Å². The van der Waals surface area contributed by atoms with Gasteiger partial charge in [-0.2, -0.15) is 0 Å². The average Bonchev–Trinajstić information content (AvgIpc) is 2.07. The van der Waals surface area contributed by atoms with Gasteiger partial charge in [0, 0.05) is 0 Å². The van der Waals surface area contributed by atoms with Crippen molar-refractivity contribution < 1.29 is 0 Å². The van der Waals surface area contributed by atoms with Crippen LogP contribution in [0.15, 0.2) is 35.5 Å². The third-order valence-corrected chi connectivity index (χ3v) is 3.19. The Morgan fingerprint density at radius 3 is 1.75 bits per heavy atom. The molecule has 0 spiro atoms. The maximum Gasteiger partial charge on any atom is -0.0127 e. The van der Waals surface area contributed by atoms with E-state index in [-0.39, 0.29) is 0 Å². The highest BCUT2D eigenvalue weighted by Gasteiger charge is 2.23. The van der Waals surface area contributed by atoms with Gasteiger partial charge in [-0.3, -0.25) is 0 Å². The van der Waals surface area contributed by atoms with E-state index in [1.807, 2.05) is 0 Å². The molecule has 0 heteroatoms. The minimum Gasteiger partial charge on any atom is -0.0805 e. The first-order valence-electron chi connectivity index (χ1n) is 4.77. The SMILES string of the molecule is CC1=C(C)CC2C=CC=CC2C1. The second kappa shape index (κ2) is 2.93. The molecule has 2 aliphatic carbocycles. The predicted molar refractivity (Wildman–Crippen MR) is 52.9 cm³/mol. The summed E-state index contributed by atoms with van der Waals surface area (Å²) in [6, 6.07) is 0. The molecule has 0 N–H and O–H groups in total. The second-order valence-electron chi connectivity index (χ2n) is 4.07. The van der Waals surface area contributed by atoms with Gasteiger partial charge in [0.1, 0.15) is 0 Å². The van der Waals surface area contributed by atoms with Crippen LogP contribution >= 0.6 is 0 Å². The zero-order chi connectivity index (χ0) is 8.55. The van der Waals surface area contributed by atoms with E-state index < -0.39 is 0 Å². The normalized spacial score (nSPS) is 33.8. The van der Waals surface area contributed by atoms with E-state index in [1.54, 1.807) is 11.1 Å². The molecule has 0 fully saturated rings. The summed E-state index contributed by atoms with van der Waals surface area (Å²) in [7, 11) is 0. The van der Waals surface area contributed by atoms with Crippen LogP contribution in [0.25, 0.3) is 0 Å². The molecule has 0 bridgehead atoms. The third-order valence-electron chi connectivity index (χ3n) is 3.19. The van der Waals surface area contributed by atoms with E-state index >= 15 is 0 Å². The molecule has 0 heterocycles. The number of rotatable bonds is 0. The summed E-state index contributed by atoms with van der Waals surface area (Å²) >= 11 is 0. The molecule has 0 aromatic carbocycles. The van der Waals surface area contributed by atoms with Crippen molar-refractivity contribution in [3.8, 4) is 0 Å². The van der Waals surface area contributed by atoms with Crippen molar-refractivity contribution in [2.24, 2.45) is 11.8 Å². The molecule has 0 aliphatic heterocycles. The van der Waals surface area contributed by atoms with E-state index in [9.17, 15) is 0 Å². The number of allylic oxidation sites excluding steroid dienone is 6. The lowest BCUT2D eigenvalue weighted by molar-refractivity contribution is 0.434. The van der Waals surface area contributed by atoms with Crippen molar-refractivity contribution in [2.45, 2.75) is 26.7 Å². The molecule has 0 saturated heterocycles. The molecule has 64 valence electrons. The summed E-state index contributed by atoms with van der Waals surface area (Å²) in [5.41, 5.74) is 3.22. The van der Waals surface area contributed by atoms with Crippen LogP contribution in [0.3, 0.4) is 0 Å². The Hall–Kier alpha value is -0.780. The minimum absolute atomic E-state index is 0.790. The maximum atomic E-state index is 2.36.